The molecule has 0 saturated carbocycles. The number of nitrogens with one attached hydrogen (secondary N) is 2. The van der Waals surface area contributed by atoms with Gasteiger partial charge in [-0.05, 0) is 30.9 Å². The lowest BCUT2D eigenvalue weighted by Crippen LogP contribution is -2.33. The minimum atomic E-state index is -0.268. The molecule has 24 heavy (non-hydrogen) atoms. The SMILES string of the molecule is CCCC(CCO)CNC(=O)Nc1cccc(-c2noc(C)n2)c1. The van der Waals surface area contributed by atoms with Gasteiger partial charge in [-0.25, -0.2) is 4.79 Å². The number of rotatable bonds is 8. The van der Waals surface area contributed by atoms with Gasteiger partial charge in [-0.15, -0.1) is 0 Å². The Hall–Kier alpha value is -2.41. The van der Waals surface area contributed by atoms with Gasteiger partial charge < -0.3 is 20.3 Å². The average molecular weight is 332 g/mol. The van der Waals surface area contributed by atoms with Gasteiger partial charge in [0.15, 0.2) is 0 Å². The normalized spacial score (nSPS) is 12.0. The molecule has 3 N–H and O–H groups in total. The van der Waals surface area contributed by atoms with Gasteiger partial charge in [0.2, 0.25) is 11.7 Å². The summed E-state index contributed by atoms with van der Waals surface area (Å²) in [5.41, 5.74) is 1.43. The highest BCUT2D eigenvalue weighted by molar-refractivity contribution is 5.89. The maximum absolute atomic E-state index is 12.0. The number of aromatic nitrogens is 2. The molecule has 1 heterocycles. The second-order valence-corrected chi connectivity index (χ2v) is 5.72. The van der Waals surface area contributed by atoms with Crippen molar-refractivity contribution < 1.29 is 14.4 Å². The first-order chi connectivity index (χ1) is 11.6. The number of hydrogen-bond acceptors (Lipinski definition) is 5. The third kappa shape index (κ3) is 5.34. The Morgan fingerprint density at radius 3 is 2.88 bits per heavy atom. The molecule has 1 atom stereocenters. The van der Waals surface area contributed by atoms with Gasteiger partial charge in [-0.3, -0.25) is 0 Å². The van der Waals surface area contributed by atoms with Crippen LogP contribution in [0.15, 0.2) is 28.8 Å². The zero-order valence-corrected chi connectivity index (χ0v) is 14.1. The molecule has 0 bridgehead atoms. The number of hydrogen-bond donors (Lipinski definition) is 3. The average Bonchev–Trinajstić information content (AvgIpc) is 3.00. The smallest absolute Gasteiger partial charge is 0.319 e. The molecular formula is C17H24N4O3. The summed E-state index contributed by atoms with van der Waals surface area (Å²) >= 11 is 0. The highest BCUT2D eigenvalue weighted by atomic mass is 16.5. The van der Waals surface area contributed by atoms with E-state index in [0.29, 0.717) is 36.3 Å². The summed E-state index contributed by atoms with van der Waals surface area (Å²) in [7, 11) is 0. The number of amides is 2. The number of urea groups is 1. The van der Waals surface area contributed by atoms with Crippen LogP contribution in [0, 0.1) is 12.8 Å². The predicted molar refractivity (Wildman–Crippen MR) is 91.6 cm³/mol. The van der Waals surface area contributed by atoms with Crippen molar-refractivity contribution in [3.05, 3.63) is 30.2 Å². The topological polar surface area (TPSA) is 100 Å². The number of carbonyl (C=O) groups excluding carboxylic acids is 1. The lowest BCUT2D eigenvalue weighted by atomic mass is 10.0. The summed E-state index contributed by atoms with van der Waals surface area (Å²) in [6.07, 6.45) is 2.70. The number of benzene rings is 1. The van der Waals surface area contributed by atoms with Crippen LogP contribution in [0.5, 0.6) is 0 Å². The van der Waals surface area contributed by atoms with Gasteiger partial charge in [-0.1, -0.05) is 30.6 Å². The van der Waals surface area contributed by atoms with E-state index in [4.69, 9.17) is 9.63 Å². The van der Waals surface area contributed by atoms with Crippen LogP contribution in [0.4, 0.5) is 10.5 Å². The van der Waals surface area contributed by atoms with Crippen molar-refractivity contribution in [2.24, 2.45) is 5.92 Å². The molecule has 130 valence electrons. The van der Waals surface area contributed by atoms with Crippen LogP contribution in [0.1, 0.15) is 32.1 Å². The molecular weight excluding hydrogens is 308 g/mol. The molecule has 0 radical (unpaired) electrons. The van der Waals surface area contributed by atoms with Crippen LogP contribution in [0.25, 0.3) is 11.4 Å². The molecule has 0 spiro atoms. The molecule has 7 nitrogen and oxygen atoms in total. The monoisotopic (exact) mass is 332 g/mol. The first-order valence-electron chi connectivity index (χ1n) is 8.18. The Morgan fingerprint density at radius 1 is 1.38 bits per heavy atom. The van der Waals surface area contributed by atoms with E-state index in [9.17, 15) is 4.79 Å². The second-order valence-electron chi connectivity index (χ2n) is 5.72. The van der Waals surface area contributed by atoms with Crippen molar-refractivity contribution in [3.63, 3.8) is 0 Å². The fourth-order valence-corrected chi connectivity index (χ4v) is 2.50. The summed E-state index contributed by atoms with van der Waals surface area (Å²) in [5.74, 6) is 1.27. The zero-order valence-electron chi connectivity index (χ0n) is 14.1. The number of aliphatic hydroxyl groups excluding tert-OH is 1. The Bertz CT molecular complexity index is 651. The number of carbonyl (C=O) groups is 1. The molecule has 0 aliphatic rings. The third-order valence-electron chi connectivity index (χ3n) is 3.69. The molecule has 2 amide bonds. The fourth-order valence-electron chi connectivity index (χ4n) is 2.50. The third-order valence-corrected chi connectivity index (χ3v) is 3.69. The lowest BCUT2D eigenvalue weighted by molar-refractivity contribution is 0.237. The van der Waals surface area contributed by atoms with Gasteiger partial charge in [0.1, 0.15) is 0 Å². The van der Waals surface area contributed by atoms with Crippen LogP contribution in [0.3, 0.4) is 0 Å². The first kappa shape index (κ1) is 17.9. The molecule has 2 rings (SSSR count). The minimum absolute atomic E-state index is 0.139. The van der Waals surface area contributed by atoms with Crippen LogP contribution in [-0.2, 0) is 0 Å². The Kier molecular flexibility index (Phi) is 6.74. The molecule has 7 heteroatoms. The van der Waals surface area contributed by atoms with E-state index in [-0.39, 0.29) is 12.6 Å². The molecule has 0 saturated heterocycles. The van der Waals surface area contributed by atoms with Crippen LogP contribution >= 0.6 is 0 Å². The maximum atomic E-state index is 12.0. The Morgan fingerprint density at radius 2 is 2.21 bits per heavy atom. The zero-order chi connectivity index (χ0) is 17.4. The Balaban J connectivity index is 1.92. The summed E-state index contributed by atoms with van der Waals surface area (Å²) in [6.45, 7) is 4.50. The van der Waals surface area contributed by atoms with E-state index in [1.54, 1.807) is 19.1 Å². The summed E-state index contributed by atoms with van der Waals surface area (Å²) in [5, 5.41) is 18.6. The van der Waals surface area contributed by atoms with E-state index in [0.717, 1.165) is 18.4 Å². The number of anilines is 1. The molecule has 1 aromatic carbocycles. The van der Waals surface area contributed by atoms with Crippen LogP contribution < -0.4 is 10.6 Å². The van der Waals surface area contributed by atoms with Crippen molar-refractivity contribution in [1.82, 2.24) is 15.5 Å². The number of nitrogens with zero attached hydrogens (tertiary/aromatic N) is 2. The summed E-state index contributed by atoms with van der Waals surface area (Å²) in [6, 6.07) is 7.00. The largest absolute Gasteiger partial charge is 0.396 e. The molecule has 2 aromatic rings. The van der Waals surface area contributed by atoms with Gasteiger partial charge in [-0.2, -0.15) is 4.98 Å². The quantitative estimate of drug-likeness (QED) is 0.690. The Labute approximate surface area is 141 Å². The molecule has 0 aliphatic carbocycles. The van der Waals surface area contributed by atoms with Crippen molar-refractivity contribution >= 4 is 11.7 Å². The lowest BCUT2D eigenvalue weighted by Gasteiger charge is -2.16. The number of aliphatic hydroxyl groups is 1. The van der Waals surface area contributed by atoms with Crippen molar-refractivity contribution in [1.29, 1.82) is 0 Å². The highest BCUT2D eigenvalue weighted by Gasteiger charge is 2.11. The van der Waals surface area contributed by atoms with Crippen molar-refractivity contribution in [2.75, 3.05) is 18.5 Å². The van der Waals surface area contributed by atoms with Crippen molar-refractivity contribution in [3.8, 4) is 11.4 Å². The van der Waals surface area contributed by atoms with Crippen molar-refractivity contribution in [2.45, 2.75) is 33.1 Å². The maximum Gasteiger partial charge on any atom is 0.319 e. The van der Waals surface area contributed by atoms with Crippen LogP contribution in [-0.4, -0.2) is 34.4 Å². The molecule has 0 aliphatic heterocycles. The van der Waals surface area contributed by atoms with E-state index in [1.807, 2.05) is 12.1 Å². The first-order valence-corrected chi connectivity index (χ1v) is 8.18. The summed E-state index contributed by atoms with van der Waals surface area (Å²) < 4.78 is 4.97. The van der Waals surface area contributed by atoms with Gasteiger partial charge in [0.25, 0.3) is 0 Å². The standard InChI is InChI=1S/C17H24N4O3/c1-3-5-13(8-9-22)11-18-17(23)20-15-7-4-6-14(10-15)16-19-12(2)24-21-16/h4,6-7,10,13,22H,3,5,8-9,11H2,1-2H3,(H2,18,20,23). The van der Waals surface area contributed by atoms with Gasteiger partial charge >= 0.3 is 6.03 Å². The van der Waals surface area contributed by atoms with Gasteiger partial charge in [0, 0.05) is 31.3 Å². The van der Waals surface area contributed by atoms with E-state index < -0.39 is 0 Å². The minimum Gasteiger partial charge on any atom is -0.396 e. The molecule has 1 aromatic heterocycles. The van der Waals surface area contributed by atoms with Crippen LogP contribution in [0.2, 0.25) is 0 Å². The highest BCUT2D eigenvalue weighted by Crippen LogP contribution is 2.20. The second kappa shape index (κ2) is 9.02. The number of aryl methyl sites for hydroxylation is 1. The van der Waals surface area contributed by atoms with Gasteiger partial charge in [0.05, 0.1) is 0 Å². The molecule has 0 fully saturated rings. The molecule has 1 unspecified atom stereocenters. The fraction of sp³-hybridized carbons (Fsp3) is 0.471. The predicted octanol–water partition coefficient (Wildman–Crippen LogP) is 2.97. The van der Waals surface area contributed by atoms with E-state index in [2.05, 4.69) is 27.7 Å². The van der Waals surface area contributed by atoms with E-state index in [1.165, 1.54) is 0 Å². The van der Waals surface area contributed by atoms with E-state index >= 15 is 0 Å². The summed E-state index contributed by atoms with van der Waals surface area (Å²) in [4.78, 5) is 16.2.